The lowest BCUT2D eigenvalue weighted by atomic mass is 10.1. The van der Waals surface area contributed by atoms with Crippen LogP contribution in [0.3, 0.4) is 0 Å². The van der Waals surface area contributed by atoms with Crippen LogP contribution in [0.15, 0.2) is 44.7 Å². The molecule has 26 heavy (non-hydrogen) atoms. The van der Waals surface area contributed by atoms with Gasteiger partial charge in [0.05, 0.1) is 25.8 Å². The van der Waals surface area contributed by atoms with Gasteiger partial charge in [-0.25, -0.2) is 9.59 Å². The number of esters is 1. The first kappa shape index (κ1) is 17.7. The third-order valence-corrected chi connectivity index (χ3v) is 4.17. The Morgan fingerprint density at radius 2 is 2.12 bits per heavy atom. The molecule has 3 rings (SSSR count). The van der Waals surface area contributed by atoms with Gasteiger partial charge in [-0.05, 0) is 24.6 Å². The lowest BCUT2D eigenvalue weighted by Crippen LogP contribution is -2.31. The number of aryl methyl sites for hydroxylation is 1. The molecular formula is C18H18N2O6. The number of methoxy groups -OCH3 is 1. The Morgan fingerprint density at radius 1 is 1.35 bits per heavy atom. The number of hydrogen-bond donors (Lipinski definition) is 2. The van der Waals surface area contributed by atoms with E-state index in [-0.39, 0.29) is 31.0 Å². The number of nitrogens with one attached hydrogen (secondary N) is 1. The zero-order chi connectivity index (χ0) is 18.8. The van der Waals surface area contributed by atoms with Crippen LogP contribution in [-0.4, -0.2) is 48.7 Å². The molecule has 0 atom stereocenters. The molecule has 2 N–H and O–H groups in total. The first-order chi connectivity index (χ1) is 12.4. The van der Waals surface area contributed by atoms with Gasteiger partial charge in [0.2, 0.25) is 0 Å². The molecule has 0 fully saturated rings. The lowest BCUT2D eigenvalue weighted by Gasteiger charge is -2.15. The van der Waals surface area contributed by atoms with Crippen molar-refractivity contribution >= 4 is 28.5 Å². The number of amides is 1. The number of aliphatic hydroxyl groups is 1. The van der Waals surface area contributed by atoms with Crippen LogP contribution in [0.4, 0.5) is 5.69 Å². The molecule has 0 spiro atoms. The zero-order valence-electron chi connectivity index (χ0n) is 14.4. The van der Waals surface area contributed by atoms with Gasteiger partial charge in [-0.15, -0.1) is 0 Å². The second-order valence-corrected chi connectivity index (χ2v) is 5.88. The first-order valence-electron chi connectivity index (χ1n) is 7.97. The summed E-state index contributed by atoms with van der Waals surface area (Å²) in [7, 11) is 1.24. The highest BCUT2D eigenvalue weighted by molar-refractivity contribution is 6.08. The van der Waals surface area contributed by atoms with Gasteiger partial charge in [0.1, 0.15) is 11.3 Å². The van der Waals surface area contributed by atoms with Crippen molar-refractivity contribution in [1.29, 1.82) is 0 Å². The van der Waals surface area contributed by atoms with Gasteiger partial charge in [-0.2, -0.15) is 0 Å². The Balaban J connectivity index is 1.99. The maximum Gasteiger partial charge on any atom is 0.337 e. The molecule has 0 unspecified atom stereocenters. The summed E-state index contributed by atoms with van der Waals surface area (Å²) in [6.45, 7) is 1.75. The average molecular weight is 358 g/mol. The molecule has 1 aromatic heterocycles. The number of hydrogen-bond acceptors (Lipinski definition) is 7. The van der Waals surface area contributed by atoms with Gasteiger partial charge < -0.3 is 24.5 Å². The van der Waals surface area contributed by atoms with E-state index < -0.39 is 17.5 Å². The SMILES string of the molecule is COC(=O)C1=C(Nc2ccc3c(C)cc(=O)oc3c2)C(=O)N(CCO)C1. The molecule has 2 aromatic rings. The molecule has 0 saturated heterocycles. The summed E-state index contributed by atoms with van der Waals surface area (Å²) >= 11 is 0. The average Bonchev–Trinajstić information content (AvgIpc) is 2.90. The molecule has 0 aliphatic carbocycles. The van der Waals surface area contributed by atoms with E-state index in [0.29, 0.717) is 11.3 Å². The van der Waals surface area contributed by atoms with Crippen molar-refractivity contribution in [3.8, 4) is 0 Å². The number of rotatable bonds is 5. The number of fused-ring (bicyclic) bond motifs is 1. The molecule has 2 heterocycles. The number of nitrogens with zero attached hydrogens (tertiary/aromatic N) is 1. The van der Waals surface area contributed by atoms with Crippen LogP contribution in [0.5, 0.6) is 0 Å². The van der Waals surface area contributed by atoms with Gasteiger partial charge in [0, 0.05) is 29.8 Å². The highest BCUT2D eigenvalue weighted by atomic mass is 16.5. The number of anilines is 1. The van der Waals surface area contributed by atoms with E-state index in [1.165, 1.54) is 18.1 Å². The summed E-state index contributed by atoms with van der Waals surface area (Å²) in [6, 6.07) is 6.48. The van der Waals surface area contributed by atoms with Crippen molar-refractivity contribution in [3.05, 3.63) is 51.5 Å². The highest BCUT2D eigenvalue weighted by Crippen LogP contribution is 2.25. The van der Waals surface area contributed by atoms with Gasteiger partial charge in [0.25, 0.3) is 5.91 Å². The van der Waals surface area contributed by atoms with Gasteiger partial charge >= 0.3 is 11.6 Å². The van der Waals surface area contributed by atoms with E-state index in [1.807, 2.05) is 0 Å². The predicted molar refractivity (Wildman–Crippen MR) is 93.6 cm³/mol. The zero-order valence-corrected chi connectivity index (χ0v) is 14.4. The Labute approximate surface area is 148 Å². The molecule has 1 aliphatic rings. The number of β-amino-alcohol motifs (C(OH)–C–C–N with tert-alkyl or cyclic N) is 1. The molecular weight excluding hydrogens is 340 g/mol. The van der Waals surface area contributed by atoms with Gasteiger partial charge in [-0.3, -0.25) is 4.79 Å². The van der Waals surface area contributed by atoms with Gasteiger partial charge in [-0.1, -0.05) is 0 Å². The van der Waals surface area contributed by atoms with Crippen LogP contribution in [0.2, 0.25) is 0 Å². The minimum Gasteiger partial charge on any atom is -0.466 e. The van der Waals surface area contributed by atoms with E-state index in [1.54, 1.807) is 25.1 Å². The fourth-order valence-corrected chi connectivity index (χ4v) is 2.90. The summed E-state index contributed by atoms with van der Waals surface area (Å²) in [6.07, 6.45) is 0. The first-order valence-corrected chi connectivity index (χ1v) is 7.97. The van der Waals surface area contributed by atoms with E-state index in [0.717, 1.165) is 10.9 Å². The molecule has 0 bridgehead atoms. The summed E-state index contributed by atoms with van der Waals surface area (Å²) in [5.41, 5.74) is 1.44. The van der Waals surface area contributed by atoms with E-state index >= 15 is 0 Å². The fourth-order valence-electron chi connectivity index (χ4n) is 2.90. The summed E-state index contributed by atoms with van der Waals surface area (Å²) in [5, 5.41) is 12.8. The molecule has 0 radical (unpaired) electrons. The summed E-state index contributed by atoms with van der Waals surface area (Å²) < 4.78 is 9.94. The normalized spacial score (nSPS) is 14.3. The molecule has 1 amide bonds. The Morgan fingerprint density at radius 3 is 2.81 bits per heavy atom. The summed E-state index contributed by atoms with van der Waals surface area (Å²) in [4.78, 5) is 37.4. The minimum absolute atomic E-state index is 0.0518. The molecule has 8 nitrogen and oxygen atoms in total. The van der Waals surface area contributed by atoms with E-state index in [9.17, 15) is 14.4 Å². The fraction of sp³-hybridized carbons (Fsp3) is 0.278. The third kappa shape index (κ3) is 3.18. The molecule has 8 heteroatoms. The molecule has 136 valence electrons. The number of benzene rings is 1. The largest absolute Gasteiger partial charge is 0.466 e. The monoisotopic (exact) mass is 358 g/mol. The lowest BCUT2D eigenvalue weighted by molar-refractivity contribution is -0.136. The van der Waals surface area contributed by atoms with Crippen molar-refractivity contribution in [2.75, 3.05) is 32.1 Å². The second kappa shape index (κ2) is 7.01. The van der Waals surface area contributed by atoms with Crippen molar-refractivity contribution in [1.82, 2.24) is 4.90 Å². The standard InChI is InChI=1S/C18H18N2O6/c1-10-7-15(22)26-14-8-11(3-4-12(10)14)19-16-13(18(24)25-2)9-20(5-6-21)17(16)23/h3-4,7-8,19,21H,5-6,9H2,1-2H3. The van der Waals surface area contributed by atoms with Crippen molar-refractivity contribution < 1.29 is 23.8 Å². The number of aliphatic hydroxyl groups excluding tert-OH is 1. The van der Waals surface area contributed by atoms with Crippen LogP contribution in [-0.2, 0) is 14.3 Å². The number of carbonyl (C=O) groups excluding carboxylic acids is 2. The smallest absolute Gasteiger partial charge is 0.337 e. The highest BCUT2D eigenvalue weighted by Gasteiger charge is 2.34. The van der Waals surface area contributed by atoms with Crippen LogP contribution in [0.1, 0.15) is 5.56 Å². The summed E-state index contributed by atoms with van der Waals surface area (Å²) in [5.74, 6) is -1.03. The van der Waals surface area contributed by atoms with Crippen molar-refractivity contribution in [2.45, 2.75) is 6.92 Å². The van der Waals surface area contributed by atoms with Crippen LogP contribution < -0.4 is 10.9 Å². The number of ether oxygens (including phenoxy) is 1. The minimum atomic E-state index is -0.621. The Hall–Kier alpha value is -3.13. The van der Waals surface area contributed by atoms with E-state index in [4.69, 9.17) is 14.3 Å². The predicted octanol–water partition coefficient (Wildman–Crippen LogP) is 0.775. The Kier molecular flexibility index (Phi) is 4.77. The Bertz CT molecular complexity index is 975. The van der Waals surface area contributed by atoms with Crippen LogP contribution in [0, 0.1) is 6.92 Å². The maximum atomic E-state index is 12.5. The van der Waals surface area contributed by atoms with Crippen molar-refractivity contribution in [2.24, 2.45) is 0 Å². The quantitative estimate of drug-likeness (QED) is 0.600. The molecule has 1 aromatic carbocycles. The van der Waals surface area contributed by atoms with Crippen molar-refractivity contribution in [3.63, 3.8) is 0 Å². The molecule has 0 saturated carbocycles. The molecule has 1 aliphatic heterocycles. The van der Waals surface area contributed by atoms with Crippen LogP contribution in [0.25, 0.3) is 11.0 Å². The van der Waals surface area contributed by atoms with Gasteiger partial charge in [0.15, 0.2) is 0 Å². The topological polar surface area (TPSA) is 109 Å². The second-order valence-electron chi connectivity index (χ2n) is 5.88. The van der Waals surface area contributed by atoms with Crippen LogP contribution >= 0.6 is 0 Å². The number of carbonyl (C=O) groups is 2. The van der Waals surface area contributed by atoms with E-state index in [2.05, 4.69) is 5.32 Å². The maximum absolute atomic E-state index is 12.5. The third-order valence-electron chi connectivity index (χ3n) is 4.17.